The van der Waals surface area contributed by atoms with Crippen molar-refractivity contribution in [2.24, 2.45) is 0 Å². The third kappa shape index (κ3) is 4.91. The van der Waals surface area contributed by atoms with Gasteiger partial charge in [-0.2, -0.15) is 0 Å². The van der Waals surface area contributed by atoms with Crippen LogP contribution in [0.3, 0.4) is 0 Å². The topological polar surface area (TPSA) is 96.0 Å². The quantitative estimate of drug-likeness (QED) is 0.554. The number of amides is 1. The molecule has 35 heavy (non-hydrogen) atoms. The second kappa shape index (κ2) is 10.5. The molecular formula is C27H28N2O6. The van der Waals surface area contributed by atoms with E-state index in [2.05, 4.69) is 10.3 Å². The molecule has 0 spiro atoms. The molecule has 0 bridgehead atoms. The number of hydrogen-bond acceptors (Lipinski definition) is 7. The van der Waals surface area contributed by atoms with Crippen molar-refractivity contribution in [3.8, 4) is 34.1 Å². The van der Waals surface area contributed by atoms with Crippen LogP contribution in [-0.4, -0.2) is 32.2 Å². The van der Waals surface area contributed by atoms with Gasteiger partial charge in [-0.05, 0) is 53.8 Å². The van der Waals surface area contributed by atoms with Crippen LogP contribution in [0.5, 0.6) is 23.0 Å². The Bertz CT molecular complexity index is 1290. The summed E-state index contributed by atoms with van der Waals surface area (Å²) >= 11 is 0. The highest BCUT2D eigenvalue weighted by molar-refractivity contribution is 5.83. The van der Waals surface area contributed by atoms with Crippen LogP contribution in [0, 0.1) is 0 Å². The third-order valence-electron chi connectivity index (χ3n) is 6.00. The van der Waals surface area contributed by atoms with Crippen molar-refractivity contribution >= 4 is 5.91 Å². The fourth-order valence-corrected chi connectivity index (χ4v) is 4.44. The van der Waals surface area contributed by atoms with Crippen LogP contribution in [0.25, 0.3) is 11.1 Å². The molecule has 1 unspecified atom stereocenters. The number of ether oxygens (including phenoxy) is 4. The highest BCUT2D eigenvalue weighted by Crippen LogP contribution is 2.50. The third-order valence-corrected chi connectivity index (χ3v) is 6.00. The van der Waals surface area contributed by atoms with E-state index < -0.39 is 0 Å². The van der Waals surface area contributed by atoms with Gasteiger partial charge in [0.2, 0.25) is 17.1 Å². The summed E-state index contributed by atoms with van der Waals surface area (Å²) in [5, 5.41) is 3.00. The van der Waals surface area contributed by atoms with Crippen molar-refractivity contribution in [3.05, 3.63) is 75.7 Å². The van der Waals surface area contributed by atoms with Crippen molar-refractivity contribution in [1.29, 1.82) is 0 Å². The van der Waals surface area contributed by atoms with Crippen LogP contribution >= 0.6 is 0 Å². The standard InChI is InChI=1S/C27H28N2O6/c1-16(30)29-21-9-7-18-12-24(33-3)26(34-4)27(35-15-17-6-5-11-28-14-17)25(18)19-8-10-23(32-2)22(31)13-20(19)21/h5-6,8,10-14,21H,7,9,15H2,1-4H3,(H,29,30). The Labute approximate surface area is 203 Å². The Hall–Kier alpha value is -4.07. The first kappa shape index (κ1) is 24.1. The van der Waals surface area contributed by atoms with E-state index in [4.69, 9.17) is 18.9 Å². The van der Waals surface area contributed by atoms with Crippen molar-refractivity contribution in [2.45, 2.75) is 32.4 Å². The zero-order chi connectivity index (χ0) is 24.9. The average Bonchev–Trinajstić information content (AvgIpc) is 3.10. The Morgan fingerprint density at radius 1 is 1.06 bits per heavy atom. The van der Waals surface area contributed by atoms with Gasteiger partial charge in [-0.1, -0.05) is 12.1 Å². The van der Waals surface area contributed by atoms with Crippen LogP contribution in [-0.2, 0) is 17.8 Å². The minimum atomic E-state index is -0.372. The predicted molar refractivity (Wildman–Crippen MR) is 131 cm³/mol. The molecule has 1 atom stereocenters. The molecule has 0 fully saturated rings. The number of nitrogens with zero attached hydrogens (tertiary/aromatic N) is 1. The maximum Gasteiger partial charge on any atom is 0.220 e. The van der Waals surface area contributed by atoms with Crippen LogP contribution in [0.15, 0.2) is 53.6 Å². The highest BCUT2D eigenvalue weighted by atomic mass is 16.5. The summed E-state index contributed by atoms with van der Waals surface area (Å²) in [6.45, 7) is 1.72. The van der Waals surface area contributed by atoms with Gasteiger partial charge in [-0.15, -0.1) is 0 Å². The van der Waals surface area contributed by atoms with E-state index >= 15 is 0 Å². The van der Waals surface area contributed by atoms with Gasteiger partial charge >= 0.3 is 0 Å². The number of pyridine rings is 1. The van der Waals surface area contributed by atoms with Crippen LogP contribution in [0.4, 0.5) is 0 Å². The Morgan fingerprint density at radius 3 is 2.51 bits per heavy atom. The maximum absolute atomic E-state index is 12.9. The number of carbonyl (C=O) groups is 1. The second-order valence-corrected chi connectivity index (χ2v) is 8.20. The maximum atomic E-state index is 12.9. The lowest BCUT2D eigenvalue weighted by Crippen LogP contribution is -2.26. The Balaban J connectivity index is 1.99. The molecule has 8 heteroatoms. The smallest absolute Gasteiger partial charge is 0.220 e. The molecular weight excluding hydrogens is 448 g/mol. The average molecular weight is 477 g/mol. The number of rotatable bonds is 7. The second-order valence-electron chi connectivity index (χ2n) is 8.20. The lowest BCUT2D eigenvalue weighted by atomic mass is 9.95. The molecule has 4 rings (SSSR count). The molecule has 1 aliphatic carbocycles. The van der Waals surface area contributed by atoms with Crippen LogP contribution in [0.2, 0.25) is 0 Å². The summed E-state index contributed by atoms with van der Waals surface area (Å²) in [4.78, 5) is 29.1. The molecule has 1 heterocycles. The van der Waals surface area contributed by atoms with E-state index in [1.807, 2.05) is 24.3 Å². The molecule has 1 N–H and O–H groups in total. The summed E-state index contributed by atoms with van der Waals surface area (Å²) in [6, 6.07) is 10.3. The zero-order valence-corrected chi connectivity index (χ0v) is 20.2. The van der Waals surface area contributed by atoms with E-state index in [0.717, 1.165) is 22.3 Å². The highest BCUT2D eigenvalue weighted by Gasteiger charge is 2.30. The number of aryl methyl sites for hydroxylation is 1. The lowest BCUT2D eigenvalue weighted by Gasteiger charge is -2.21. The SMILES string of the molecule is COc1cc2c(c(OCc3cccnc3)c1OC)-c1ccc(OC)c(=O)cc1C(NC(C)=O)CC2. The minimum Gasteiger partial charge on any atom is -0.493 e. The number of hydrogen-bond donors (Lipinski definition) is 1. The number of benzene rings is 1. The van der Waals surface area contributed by atoms with Crippen LogP contribution < -0.4 is 29.7 Å². The number of nitrogens with one attached hydrogen (secondary N) is 1. The number of methoxy groups -OCH3 is 3. The minimum absolute atomic E-state index is 0.180. The molecule has 0 radical (unpaired) electrons. The van der Waals surface area contributed by atoms with Gasteiger partial charge in [0.1, 0.15) is 6.61 Å². The van der Waals surface area contributed by atoms with Crippen LogP contribution in [0.1, 0.15) is 36.1 Å². The molecule has 1 aliphatic rings. The first-order valence-corrected chi connectivity index (χ1v) is 11.3. The van der Waals surface area contributed by atoms with E-state index in [9.17, 15) is 9.59 Å². The first-order valence-electron chi connectivity index (χ1n) is 11.3. The predicted octanol–water partition coefficient (Wildman–Crippen LogP) is 3.84. The lowest BCUT2D eigenvalue weighted by molar-refractivity contribution is -0.119. The van der Waals surface area contributed by atoms with Gasteiger partial charge in [0.05, 0.1) is 27.4 Å². The molecule has 2 aromatic carbocycles. The van der Waals surface area contributed by atoms with Crippen molar-refractivity contribution in [3.63, 3.8) is 0 Å². The fourth-order valence-electron chi connectivity index (χ4n) is 4.44. The van der Waals surface area contributed by atoms with Crippen molar-refractivity contribution < 1.29 is 23.7 Å². The summed E-state index contributed by atoms with van der Waals surface area (Å²) < 4.78 is 23.0. The molecule has 182 valence electrons. The summed E-state index contributed by atoms with van der Waals surface area (Å²) in [7, 11) is 4.59. The number of fused-ring (bicyclic) bond motifs is 3. The molecule has 1 aromatic heterocycles. The number of carbonyl (C=O) groups excluding carboxylic acids is 1. The van der Waals surface area contributed by atoms with Gasteiger partial charge in [-0.3, -0.25) is 14.6 Å². The van der Waals surface area contributed by atoms with Crippen molar-refractivity contribution in [2.75, 3.05) is 21.3 Å². The Kier molecular flexibility index (Phi) is 7.19. The van der Waals surface area contributed by atoms with E-state index in [1.165, 1.54) is 20.1 Å². The van der Waals surface area contributed by atoms with Gasteiger partial charge in [0.25, 0.3) is 0 Å². The fraction of sp³-hybridized carbons (Fsp3) is 0.296. The van der Waals surface area contributed by atoms with Crippen molar-refractivity contribution in [1.82, 2.24) is 10.3 Å². The summed E-state index contributed by atoms with van der Waals surface area (Å²) in [6.07, 6.45) is 4.64. The normalized spacial score (nSPS) is 14.1. The molecule has 0 saturated heterocycles. The largest absolute Gasteiger partial charge is 0.493 e. The van der Waals surface area contributed by atoms with Gasteiger partial charge in [0, 0.05) is 30.4 Å². The molecule has 0 aliphatic heterocycles. The molecule has 0 saturated carbocycles. The number of aromatic nitrogens is 1. The Morgan fingerprint density at radius 2 is 1.86 bits per heavy atom. The van der Waals surface area contributed by atoms with Gasteiger partial charge < -0.3 is 24.3 Å². The monoisotopic (exact) mass is 476 g/mol. The van der Waals surface area contributed by atoms with E-state index in [-0.39, 0.29) is 29.7 Å². The molecule has 8 nitrogen and oxygen atoms in total. The van der Waals surface area contributed by atoms with E-state index in [0.29, 0.717) is 35.7 Å². The molecule has 3 aromatic rings. The summed E-state index contributed by atoms with van der Waals surface area (Å²) in [5.41, 5.74) is 3.79. The van der Waals surface area contributed by atoms with E-state index in [1.54, 1.807) is 32.7 Å². The summed E-state index contributed by atoms with van der Waals surface area (Å²) in [5.74, 6) is 1.50. The van der Waals surface area contributed by atoms with Gasteiger partial charge in [-0.25, -0.2) is 0 Å². The van der Waals surface area contributed by atoms with Gasteiger partial charge in [0.15, 0.2) is 17.2 Å². The zero-order valence-electron chi connectivity index (χ0n) is 20.2. The molecule has 1 amide bonds. The first-order chi connectivity index (χ1) is 17.0.